The number of allylic oxidation sites excluding steroid dienone is 1. The number of benzene rings is 1. The third-order valence-electron chi connectivity index (χ3n) is 2.70. The maximum absolute atomic E-state index is 5.09. The Morgan fingerprint density at radius 2 is 1.95 bits per heavy atom. The summed E-state index contributed by atoms with van der Waals surface area (Å²) in [5.41, 5.74) is 5.10. The number of hydrogen-bond donors (Lipinski definition) is 2. The molecule has 1 rings (SSSR count). The van der Waals surface area contributed by atoms with Gasteiger partial charge >= 0.3 is 0 Å². The Kier molecular flexibility index (Phi) is 7.46. The normalized spacial score (nSPS) is 11.3. The van der Waals surface area contributed by atoms with Crippen LogP contribution in [0.1, 0.15) is 19.4 Å². The van der Waals surface area contributed by atoms with E-state index >= 15 is 0 Å². The highest BCUT2D eigenvalue weighted by Gasteiger charge is 1.95. The van der Waals surface area contributed by atoms with Gasteiger partial charge in [-0.1, -0.05) is 32.1 Å². The average molecular weight is 304 g/mol. The van der Waals surface area contributed by atoms with E-state index in [4.69, 9.17) is 12.2 Å². The van der Waals surface area contributed by atoms with Gasteiger partial charge in [0.15, 0.2) is 5.11 Å². The molecule has 0 radical (unpaired) electrons. The number of nitrogens with one attached hydrogen (secondary N) is 2. The minimum absolute atomic E-state index is 0.545. The molecule has 0 saturated heterocycles. The van der Waals surface area contributed by atoms with Crippen molar-refractivity contribution in [3.63, 3.8) is 0 Å². The van der Waals surface area contributed by atoms with Crippen LogP contribution < -0.4 is 15.6 Å². The maximum Gasteiger partial charge on any atom is 0.186 e. The van der Waals surface area contributed by atoms with Gasteiger partial charge in [-0.05, 0) is 41.9 Å². The highest BCUT2D eigenvalue weighted by molar-refractivity contribution is 7.80. The fraction of sp³-hybridized carbons (Fsp3) is 0.375. The first-order valence-corrected chi connectivity index (χ1v) is 7.41. The molecule has 5 heteroatoms. The summed E-state index contributed by atoms with van der Waals surface area (Å²) >= 11 is 5.09. The molecule has 0 unspecified atom stereocenters. The summed E-state index contributed by atoms with van der Waals surface area (Å²) in [4.78, 5) is 2.07. The molecule has 114 valence electrons. The molecule has 0 amide bonds. The quantitative estimate of drug-likeness (QED) is 0.482. The van der Waals surface area contributed by atoms with E-state index < -0.39 is 0 Å². The van der Waals surface area contributed by atoms with E-state index in [1.54, 1.807) is 6.21 Å². The molecule has 0 aliphatic rings. The molecule has 0 atom stereocenters. The fourth-order valence-corrected chi connectivity index (χ4v) is 1.65. The molecule has 0 bridgehead atoms. The second-order valence-corrected chi connectivity index (χ2v) is 5.75. The van der Waals surface area contributed by atoms with E-state index in [1.165, 1.54) is 5.69 Å². The van der Waals surface area contributed by atoms with E-state index in [9.17, 15) is 0 Å². The summed E-state index contributed by atoms with van der Waals surface area (Å²) in [5, 5.41) is 7.67. The Balaban J connectivity index is 2.36. The molecule has 0 aromatic heterocycles. The highest BCUT2D eigenvalue weighted by Crippen LogP contribution is 2.12. The van der Waals surface area contributed by atoms with Crippen LogP contribution in [0.15, 0.2) is 35.4 Å². The predicted octanol–water partition coefficient (Wildman–Crippen LogP) is 2.87. The summed E-state index contributed by atoms with van der Waals surface area (Å²) in [7, 11) is 4.05. The molecule has 0 heterocycles. The van der Waals surface area contributed by atoms with E-state index in [0.717, 1.165) is 12.1 Å². The lowest BCUT2D eigenvalue weighted by molar-refractivity contribution is 0.621. The van der Waals surface area contributed by atoms with Gasteiger partial charge in [0, 0.05) is 32.5 Å². The summed E-state index contributed by atoms with van der Waals surface area (Å²) in [6.45, 7) is 5.10. The van der Waals surface area contributed by atoms with Gasteiger partial charge in [0.25, 0.3) is 0 Å². The summed E-state index contributed by atoms with van der Waals surface area (Å²) < 4.78 is 0. The zero-order chi connectivity index (χ0) is 15.7. The van der Waals surface area contributed by atoms with Crippen molar-refractivity contribution in [3.05, 3.63) is 35.9 Å². The number of nitrogens with zero attached hydrogens (tertiary/aromatic N) is 2. The van der Waals surface area contributed by atoms with E-state index in [-0.39, 0.29) is 0 Å². The standard InChI is InChI=1S/C16H24N4S/c1-13(2)12-17-16(21)19-18-11-5-6-14-7-9-15(10-8-14)20(3)4/h5-11,13H,12H2,1-4H3,(H2,17,19,21)/b6-5-,18-11+. The Morgan fingerprint density at radius 1 is 1.29 bits per heavy atom. The monoisotopic (exact) mass is 304 g/mol. The van der Waals surface area contributed by atoms with Gasteiger partial charge in [-0.25, -0.2) is 0 Å². The second kappa shape index (κ2) is 9.13. The molecule has 0 aliphatic heterocycles. The van der Waals surface area contributed by atoms with E-state index in [1.807, 2.05) is 26.2 Å². The van der Waals surface area contributed by atoms with Crippen LogP contribution >= 0.6 is 12.2 Å². The number of hydrazone groups is 1. The minimum atomic E-state index is 0.545. The molecule has 0 spiro atoms. The van der Waals surface area contributed by atoms with Crippen LogP contribution in [0.5, 0.6) is 0 Å². The summed E-state index contributed by atoms with van der Waals surface area (Å²) in [5.74, 6) is 0.554. The maximum atomic E-state index is 5.09. The van der Waals surface area contributed by atoms with Crippen molar-refractivity contribution in [2.45, 2.75) is 13.8 Å². The Bertz CT molecular complexity index is 490. The Morgan fingerprint density at radius 3 is 2.52 bits per heavy atom. The van der Waals surface area contributed by atoms with Crippen LogP contribution in [0.25, 0.3) is 6.08 Å². The SMILES string of the molecule is CC(C)CNC(=S)N/N=C/C=C\c1ccc(N(C)C)cc1. The number of thiocarbonyl (C=S) groups is 1. The summed E-state index contributed by atoms with van der Waals surface area (Å²) in [6, 6.07) is 8.31. The zero-order valence-electron chi connectivity index (χ0n) is 13.1. The largest absolute Gasteiger partial charge is 0.378 e. The van der Waals surface area contributed by atoms with Gasteiger partial charge in [-0.15, -0.1) is 0 Å². The molecule has 0 fully saturated rings. The highest BCUT2D eigenvalue weighted by atomic mass is 32.1. The Hall–Kier alpha value is -1.88. The molecule has 0 saturated carbocycles. The zero-order valence-corrected chi connectivity index (χ0v) is 13.9. The van der Waals surface area contributed by atoms with E-state index in [2.05, 4.69) is 58.9 Å². The van der Waals surface area contributed by atoms with Gasteiger partial charge in [0.05, 0.1) is 0 Å². The first kappa shape index (κ1) is 17.2. The first-order valence-electron chi connectivity index (χ1n) is 7.00. The fourth-order valence-electron chi connectivity index (χ4n) is 1.51. The van der Waals surface area contributed by atoms with Crippen molar-refractivity contribution < 1.29 is 0 Å². The van der Waals surface area contributed by atoms with Crippen LogP contribution in [0, 0.1) is 5.92 Å². The third-order valence-corrected chi connectivity index (χ3v) is 2.93. The number of anilines is 1. The minimum Gasteiger partial charge on any atom is -0.378 e. The molecule has 1 aromatic carbocycles. The molecule has 4 nitrogen and oxygen atoms in total. The number of rotatable bonds is 6. The predicted molar refractivity (Wildman–Crippen MR) is 96.9 cm³/mol. The van der Waals surface area contributed by atoms with Crippen molar-refractivity contribution in [2.75, 3.05) is 25.5 Å². The van der Waals surface area contributed by atoms with Gasteiger partial charge in [-0.2, -0.15) is 5.10 Å². The third kappa shape index (κ3) is 7.46. The van der Waals surface area contributed by atoms with Gasteiger partial charge in [-0.3, -0.25) is 5.43 Å². The average Bonchev–Trinajstić information content (AvgIpc) is 2.45. The topological polar surface area (TPSA) is 39.7 Å². The van der Waals surface area contributed by atoms with Gasteiger partial charge in [0.2, 0.25) is 0 Å². The molecule has 1 aromatic rings. The lowest BCUT2D eigenvalue weighted by Gasteiger charge is -2.11. The van der Waals surface area contributed by atoms with Gasteiger partial charge < -0.3 is 10.2 Å². The molecular formula is C16H24N4S. The van der Waals surface area contributed by atoms with Crippen LogP contribution in [0.4, 0.5) is 5.69 Å². The van der Waals surface area contributed by atoms with Crippen molar-refractivity contribution >= 4 is 35.3 Å². The van der Waals surface area contributed by atoms with Crippen molar-refractivity contribution in [1.29, 1.82) is 0 Å². The van der Waals surface area contributed by atoms with Crippen molar-refractivity contribution in [3.8, 4) is 0 Å². The molecule has 0 aliphatic carbocycles. The van der Waals surface area contributed by atoms with Crippen molar-refractivity contribution in [1.82, 2.24) is 10.7 Å². The smallest absolute Gasteiger partial charge is 0.186 e. The van der Waals surface area contributed by atoms with Crippen LogP contribution in [-0.4, -0.2) is 32.0 Å². The van der Waals surface area contributed by atoms with Gasteiger partial charge in [0.1, 0.15) is 0 Å². The summed E-state index contributed by atoms with van der Waals surface area (Å²) in [6.07, 6.45) is 5.56. The molecule has 21 heavy (non-hydrogen) atoms. The van der Waals surface area contributed by atoms with Crippen LogP contribution in [-0.2, 0) is 0 Å². The second-order valence-electron chi connectivity index (χ2n) is 5.34. The molecule has 2 N–H and O–H groups in total. The van der Waals surface area contributed by atoms with Crippen LogP contribution in [0.3, 0.4) is 0 Å². The molecular weight excluding hydrogens is 280 g/mol. The Labute approximate surface area is 132 Å². The lowest BCUT2D eigenvalue weighted by atomic mass is 10.2. The number of hydrogen-bond acceptors (Lipinski definition) is 3. The first-order chi connectivity index (χ1) is 9.99. The lowest BCUT2D eigenvalue weighted by Crippen LogP contribution is -2.34. The van der Waals surface area contributed by atoms with E-state index in [0.29, 0.717) is 11.0 Å². The van der Waals surface area contributed by atoms with Crippen molar-refractivity contribution in [2.24, 2.45) is 11.0 Å². The van der Waals surface area contributed by atoms with Crippen LogP contribution in [0.2, 0.25) is 0 Å².